The van der Waals surface area contributed by atoms with Crippen LogP contribution in [0.1, 0.15) is 34.3 Å². The highest BCUT2D eigenvalue weighted by Gasteiger charge is 2.24. The molecule has 2 fully saturated rings. The minimum absolute atomic E-state index is 0.0639. The van der Waals surface area contributed by atoms with E-state index in [0.29, 0.717) is 25.3 Å². The van der Waals surface area contributed by atoms with Crippen molar-refractivity contribution in [2.45, 2.75) is 36.8 Å². The van der Waals surface area contributed by atoms with E-state index in [1.807, 2.05) is 4.90 Å². The number of carbonyl (C=O) groups excluding carboxylic acids is 1. The van der Waals surface area contributed by atoms with Crippen LogP contribution in [-0.4, -0.2) is 76.2 Å². The van der Waals surface area contributed by atoms with Crippen molar-refractivity contribution in [2.75, 3.05) is 45.9 Å². The van der Waals surface area contributed by atoms with Gasteiger partial charge in [0.25, 0.3) is 5.91 Å². The number of rotatable bonds is 7. The summed E-state index contributed by atoms with van der Waals surface area (Å²) in [6.07, 6.45) is 2.73. The fraction of sp³-hybridized carbons (Fsp3) is 0.480. The van der Waals surface area contributed by atoms with E-state index in [9.17, 15) is 13.2 Å². The second-order valence-corrected chi connectivity index (χ2v) is 10.9. The summed E-state index contributed by atoms with van der Waals surface area (Å²) in [4.78, 5) is 17.3. The molecular formula is C25H31N3O5S. The molecule has 2 aromatic carbocycles. The average molecular weight is 486 g/mol. The Morgan fingerprint density at radius 1 is 1.03 bits per heavy atom. The number of nitrogens with zero attached hydrogens (tertiary/aromatic N) is 2. The molecule has 0 spiro atoms. The molecule has 3 heterocycles. The molecule has 0 saturated carbocycles. The van der Waals surface area contributed by atoms with Crippen LogP contribution in [0.4, 0.5) is 0 Å². The van der Waals surface area contributed by atoms with Crippen LogP contribution in [0.15, 0.2) is 47.4 Å². The van der Waals surface area contributed by atoms with E-state index < -0.39 is 10.0 Å². The molecule has 34 heavy (non-hydrogen) atoms. The fourth-order valence-corrected chi connectivity index (χ4v) is 5.82. The topological polar surface area (TPSA) is 88.2 Å². The van der Waals surface area contributed by atoms with E-state index in [0.717, 1.165) is 51.3 Å². The second kappa shape index (κ2) is 10.0. The molecule has 0 aromatic heterocycles. The summed E-state index contributed by atoms with van der Waals surface area (Å²) in [5, 5.41) is 0. The monoisotopic (exact) mass is 485 g/mol. The van der Waals surface area contributed by atoms with Gasteiger partial charge in [-0.1, -0.05) is 12.1 Å². The number of fused-ring (bicyclic) bond motifs is 1. The number of hydrogen-bond donors (Lipinski definition) is 1. The molecule has 0 unspecified atom stereocenters. The molecule has 5 rings (SSSR count). The van der Waals surface area contributed by atoms with Crippen molar-refractivity contribution >= 4 is 15.9 Å². The summed E-state index contributed by atoms with van der Waals surface area (Å²) in [7, 11) is -3.63. The molecule has 0 bridgehead atoms. The van der Waals surface area contributed by atoms with Gasteiger partial charge in [0.1, 0.15) is 5.75 Å². The molecular weight excluding hydrogens is 454 g/mol. The van der Waals surface area contributed by atoms with Crippen LogP contribution in [0.2, 0.25) is 0 Å². The molecule has 2 aromatic rings. The van der Waals surface area contributed by atoms with Crippen LogP contribution >= 0.6 is 0 Å². The quantitative estimate of drug-likeness (QED) is 0.646. The van der Waals surface area contributed by atoms with E-state index in [-0.39, 0.29) is 23.5 Å². The van der Waals surface area contributed by atoms with Gasteiger partial charge in [0.15, 0.2) is 0 Å². The predicted octanol–water partition coefficient (Wildman–Crippen LogP) is 2.04. The van der Waals surface area contributed by atoms with Crippen LogP contribution in [0.3, 0.4) is 0 Å². The number of sulfonamides is 1. The van der Waals surface area contributed by atoms with E-state index in [4.69, 9.17) is 9.47 Å². The summed E-state index contributed by atoms with van der Waals surface area (Å²) >= 11 is 0. The lowest BCUT2D eigenvalue weighted by atomic mass is 10.1. The molecule has 8 nitrogen and oxygen atoms in total. The van der Waals surface area contributed by atoms with Crippen LogP contribution in [0, 0.1) is 0 Å². The SMILES string of the molecule is O=C(c1ccc(S(=O)(=O)NC[C@H]2CCCO2)cc1)N1CCN(Cc2ccc3c(c2)CCO3)CC1. The van der Waals surface area contributed by atoms with Gasteiger partial charge in [0.05, 0.1) is 17.6 Å². The first-order valence-corrected chi connectivity index (χ1v) is 13.4. The third kappa shape index (κ3) is 5.27. The highest BCUT2D eigenvalue weighted by molar-refractivity contribution is 7.89. The minimum atomic E-state index is -3.63. The lowest BCUT2D eigenvalue weighted by Gasteiger charge is -2.35. The van der Waals surface area contributed by atoms with Crippen molar-refractivity contribution in [1.82, 2.24) is 14.5 Å². The number of amides is 1. The van der Waals surface area contributed by atoms with Crippen molar-refractivity contribution in [3.05, 3.63) is 59.2 Å². The van der Waals surface area contributed by atoms with Gasteiger partial charge < -0.3 is 14.4 Å². The number of ether oxygens (including phenoxy) is 2. The molecule has 182 valence electrons. The molecule has 0 aliphatic carbocycles. The van der Waals surface area contributed by atoms with Gasteiger partial charge in [-0.3, -0.25) is 9.69 Å². The van der Waals surface area contributed by atoms with Crippen molar-refractivity contribution < 1.29 is 22.7 Å². The third-order valence-electron chi connectivity index (χ3n) is 6.76. The first-order chi connectivity index (χ1) is 16.5. The maximum Gasteiger partial charge on any atom is 0.253 e. The Bertz CT molecular complexity index is 1120. The Kier molecular flexibility index (Phi) is 6.87. The fourth-order valence-electron chi connectivity index (χ4n) is 4.76. The lowest BCUT2D eigenvalue weighted by molar-refractivity contribution is 0.0628. The molecule has 3 aliphatic rings. The Morgan fingerprint density at radius 3 is 2.56 bits per heavy atom. The zero-order chi connectivity index (χ0) is 23.5. The average Bonchev–Trinajstić information content (AvgIpc) is 3.55. The highest BCUT2D eigenvalue weighted by atomic mass is 32.2. The van der Waals surface area contributed by atoms with Crippen molar-refractivity contribution in [3.63, 3.8) is 0 Å². The van der Waals surface area contributed by atoms with E-state index in [1.165, 1.54) is 23.3 Å². The maximum atomic E-state index is 13.0. The summed E-state index contributed by atoms with van der Waals surface area (Å²) < 4.78 is 38.8. The Balaban J connectivity index is 1.13. The third-order valence-corrected chi connectivity index (χ3v) is 8.20. The standard InChI is InChI=1S/C25H31N3O5S/c29-25(20-4-6-23(7-5-20)34(30,31)26-17-22-2-1-14-32-22)28-12-10-27(11-13-28)18-19-3-8-24-21(16-19)9-15-33-24/h3-8,16,22,26H,1-2,9-15,17-18H2/t22-/m1/s1. The van der Waals surface area contributed by atoms with Gasteiger partial charge in [-0.05, 0) is 54.3 Å². The summed E-state index contributed by atoms with van der Waals surface area (Å²) in [6.45, 7) is 5.48. The summed E-state index contributed by atoms with van der Waals surface area (Å²) in [5.74, 6) is 0.933. The van der Waals surface area contributed by atoms with Crippen molar-refractivity contribution in [3.8, 4) is 5.75 Å². The molecule has 9 heteroatoms. The zero-order valence-electron chi connectivity index (χ0n) is 19.2. The summed E-state index contributed by atoms with van der Waals surface area (Å²) in [5.41, 5.74) is 3.05. The van der Waals surface area contributed by atoms with Crippen molar-refractivity contribution in [1.29, 1.82) is 0 Å². The van der Waals surface area contributed by atoms with E-state index in [1.54, 1.807) is 12.1 Å². The second-order valence-electron chi connectivity index (χ2n) is 9.12. The number of hydrogen-bond acceptors (Lipinski definition) is 6. The molecule has 2 saturated heterocycles. The van der Waals surface area contributed by atoms with Gasteiger partial charge in [0, 0.05) is 57.9 Å². The van der Waals surface area contributed by atoms with Gasteiger partial charge in [-0.25, -0.2) is 13.1 Å². The normalized spacial score (nSPS) is 20.8. The van der Waals surface area contributed by atoms with Crippen molar-refractivity contribution in [2.24, 2.45) is 0 Å². The largest absolute Gasteiger partial charge is 0.493 e. The molecule has 1 atom stereocenters. The first-order valence-electron chi connectivity index (χ1n) is 12.0. The lowest BCUT2D eigenvalue weighted by Crippen LogP contribution is -2.48. The Labute approximate surface area is 200 Å². The van der Waals surface area contributed by atoms with Crippen LogP contribution in [-0.2, 0) is 27.7 Å². The maximum absolute atomic E-state index is 13.0. The Hall–Kier alpha value is -2.46. The smallest absolute Gasteiger partial charge is 0.253 e. The van der Waals surface area contributed by atoms with Gasteiger partial charge in [-0.2, -0.15) is 0 Å². The zero-order valence-corrected chi connectivity index (χ0v) is 20.1. The van der Waals surface area contributed by atoms with Crippen LogP contribution < -0.4 is 9.46 Å². The van der Waals surface area contributed by atoms with Gasteiger partial charge in [0.2, 0.25) is 10.0 Å². The van der Waals surface area contributed by atoms with Gasteiger partial charge in [-0.15, -0.1) is 0 Å². The molecule has 3 aliphatic heterocycles. The van der Waals surface area contributed by atoms with Gasteiger partial charge >= 0.3 is 0 Å². The van der Waals surface area contributed by atoms with E-state index >= 15 is 0 Å². The molecule has 0 radical (unpaired) electrons. The number of benzene rings is 2. The molecule has 1 N–H and O–H groups in total. The number of nitrogens with one attached hydrogen (secondary N) is 1. The minimum Gasteiger partial charge on any atom is -0.493 e. The van der Waals surface area contributed by atoms with E-state index in [2.05, 4.69) is 27.8 Å². The number of carbonyl (C=O) groups is 1. The predicted molar refractivity (Wildman–Crippen MR) is 127 cm³/mol. The summed E-state index contributed by atoms with van der Waals surface area (Å²) in [6, 6.07) is 12.6. The first kappa shape index (κ1) is 23.3. The van der Waals surface area contributed by atoms with Crippen LogP contribution in [0.25, 0.3) is 0 Å². The number of piperazine rings is 1. The highest BCUT2D eigenvalue weighted by Crippen LogP contribution is 2.26. The molecule has 1 amide bonds. The Morgan fingerprint density at radius 2 is 1.82 bits per heavy atom. The van der Waals surface area contributed by atoms with Crippen LogP contribution in [0.5, 0.6) is 5.75 Å².